The first-order chi connectivity index (χ1) is 19.2. The minimum Gasteiger partial charge on any atom is -0.464 e. The van der Waals surface area contributed by atoms with Crippen molar-refractivity contribution in [2.75, 3.05) is 13.9 Å². The molecule has 1 aliphatic rings. The van der Waals surface area contributed by atoms with Crippen molar-refractivity contribution in [3.63, 3.8) is 0 Å². The largest absolute Gasteiger partial charge is 0.464 e. The summed E-state index contributed by atoms with van der Waals surface area (Å²) in [5.74, 6) is -0.134. The molecule has 0 bridgehead atoms. The summed E-state index contributed by atoms with van der Waals surface area (Å²) in [5, 5.41) is 5.26. The molecular weight excluding hydrogens is 510 g/mol. The molecule has 1 atom stereocenters. The molecule has 0 spiro atoms. The molecule has 6 rings (SSSR count). The van der Waals surface area contributed by atoms with Crippen molar-refractivity contribution in [3.8, 4) is 22.3 Å². The van der Waals surface area contributed by atoms with Gasteiger partial charge in [0.1, 0.15) is 18.0 Å². The van der Waals surface area contributed by atoms with Gasteiger partial charge in [-0.05, 0) is 56.6 Å². The Labute approximate surface area is 229 Å². The number of esters is 1. The summed E-state index contributed by atoms with van der Waals surface area (Å²) in [5.41, 5.74) is 4.29. The van der Waals surface area contributed by atoms with Crippen LogP contribution < -0.4 is 5.56 Å². The number of pyridine rings is 1. The van der Waals surface area contributed by atoms with E-state index in [2.05, 4.69) is 5.38 Å². The molecule has 2 aromatic heterocycles. The van der Waals surface area contributed by atoms with Gasteiger partial charge in [-0.1, -0.05) is 66.7 Å². The first-order valence-electron chi connectivity index (χ1n) is 12.5. The standard InChI is InChI=1S/C32H25NO5S/c1-36-32(35)30-29(22-10-6-3-7-11-22)26-17-23(24-14-15-39-19-24)12-13-25(26)31(34)33(30)27(28-18-37-20-38-28)16-21-8-4-2-5-9-21/h2-15,17-19,27H,16,20H2,1H3. The van der Waals surface area contributed by atoms with Crippen molar-refractivity contribution in [1.29, 1.82) is 0 Å². The Kier molecular flexibility index (Phi) is 6.73. The highest BCUT2D eigenvalue weighted by molar-refractivity contribution is 7.08. The summed E-state index contributed by atoms with van der Waals surface area (Å²) >= 11 is 1.60. The third-order valence-electron chi connectivity index (χ3n) is 6.92. The number of aromatic nitrogens is 1. The first kappa shape index (κ1) is 24.7. The highest BCUT2D eigenvalue weighted by Gasteiger charge is 2.32. The summed E-state index contributed by atoms with van der Waals surface area (Å²) in [6, 6.07) is 26.6. The number of hydrogen-bond donors (Lipinski definition) is 0. The number of rotatable bonds is 7. The maximum absolute atomic E-state index is 14.4. The topological polar surface area (TPSA) is 66.8 Å². The normalized spacial score (nSPS) is 13.4. The molecular formula is C32H25NO5S. The van der Waals surface area contributed by atoms with E-state index in [9.17, 15) is 9.59 Å². The van der Waals surface area contributed by atoms with E-state index in [0.717, 1.165) is 22.3 Å². The zero-order chi connectivity index (χ0) is 26.8. The zero-order valence-corrected chi connectivity index (χ0v) is 22.0. The number of hydrogen-bond acceptors (Lipinski definition) is 6. The average molecular weight is 536 g/mol. The van der Waals surface area contributed by atoms with Gasteiger partial charge in [-0.25, -0.2) is 4.79 Å². The van der Waals surface area contributed by atoms with Crippen LogP contribution in [0, 0.1) is 0 Å². The Hall–Kier alpha value is -4.62. The minimum atomic E-state index is -0.639. The molecule has 5 aromatic rings. The molecule has 39 heavy (non-hydrogen) atoms. The van der Waals surface area contributed by atoms with Gasteiger partial charge in [-0.3, -0.25) is 9.36 Å². The van der Waals surface area contributed by atoms with Crippen LogP contribution >= 0.6 is 11.3 Å². The second-order valence-electron chi connectivity index (χ2n) is 9.18. The maximum Gasteiger partial charge on any atom is 0.355 e. The molecule has 1 unspecified atom stereocenters. The van der Waals surface area contributed by atoms with E-state index in [1.165, 1.54) is 17.9 Å². The second-order valence-corrected chi connectivity index (χ2v) is 9.96. The maximum atomic E-state index is 14.4. The minimum absolute atomic E-state index is 0.0477. The Morgan fingerprint density at radius 3 is 2.38 bits per heavy atom. The van der Waals surface area contributed by atoms with Gasteiger partial charge in [-0.2, -0.15) is 11.3 Å². The molecule has 0 radical (unpaired) electrons. The van der Waals surface area contributed by atoms with Crippen LogP contribution in [0.15, 0.2) is 113 Å². The van der Waals surface area contributed by atoms with E-state index in [1.807, 2.05) is 90.3 Å². The SMILES string of the molecule is COC(=O)c1c(-c2ccccc2)c2cc(-c3ccsc3)ccc2c(=O)n1C(Cc1ccccc1)C1=COCO1. The fraction of sp³-hybridized carbons (Fsp3) is 0.125. The van der Waals surface area contributed by atoms with E-state index in [4.69, 9.17) is 14.2 Å². The highest BCUT2D eigenvalue weighted by atomic mass is 32.1. The summed E-state index contributed by atoms with van der Waals surface area (Å²) < 4.78 is 18.1. The lowest BCUT2D eigenvalue weighted by Gasteiger charge is -2.26. The lowest BCUT2D eigenvalue weighted by molar-refractivity contribution is 0.0575. The summed E-state index contributed by atoms with van der Waals surface area (Å²) in [7, 11) is 1.33. The highest BCUT2D eigenvalue weighted by Crippen LogP contribution is 2.37. The van der Waals surface area contributed by atoms with Crippen molar-refractivity contribution in [2.45, 2.75) is 12.5 Å². The molecule has 0 saturated carbocycles. The van der Waals surface area contributed by atoms with Crippen molar-refractivity contribution < 1.29 is 19.0 Å². The fourth-order valence-electron chi connectivity index (χ4n) is 5.10. The molecule has 0 saturated heterocycles. The number of ether oxygens (including phenoxy) is 3. The molecule has 3 aromatic carbocycles. The number of allylic oxidation sites excluding steroid dienone is 1. The Morgan fingerprint density at radius 1 is 0.949 bits per heavy atom. The van der Waals surface area contributed by atoms with Crippen LogP contribution in [-0.2, 0) is 20.6 Å². The van der Waals surface area contributed by atoms with E-state index in [0.29, 0.717) is 28.5 Å². The number of thiophene rings is 1. The van der Waals surface area contributed by atoms with Gasteiger partial charge in [0.25, 0.3) is 5.56 Å². The van der Waals surface area contributed by atoms with Crippen LogP contribution in [0.3, 0.4) is 0 Å². The van der Waals surface area contributed by atoms with Crippen LogP contribution in [0.5, 0.6) is 0 Å². The Morgan fingerprint density at radius 2 is 1.72 bits per heavy atom. The molecule has 0 amide bonds. The molecule has 0 fully saturated rings. The number of methoxy groups -OCH3 is 1. The number of carbonyl (C=O) groups excluding carboxylic acids is 1. The van der Waals surface area contributed by atoms with Crippen molar-refractivity contribution in [3.05, 3.63) is 129 Å². The van der Waals surface area contributed by atoms with Crippen LogP contribution in [0.4, 0.5) is 0 Å². The van der Waals surface area contributed by atoms with E-state index < -0.39 is 12.0 Å². The predicted molar refractivity (Wildman–Crippen MR) is 153 cm³/mol. The molecule has 1 aliphatic heterocycles. The Balaban J connectivity index is 1.71. The molecule has 3 heterocycles. The average Bonchev–Trinajstić information content (AvgIpc) is 3.72. The second kappa shape index (κ2) is 10.6. The number of nitrogens with zero attached hydrogens (tertiary/aromatic N) is 1. The molecule has 194 valence electrons. The summed E-state index contributed by atoms with van der Waals surface area (Å²) in [6.07, 6.45) is 1.93. The number of fused-ring (bicyclic) bond motifs is 1. The monoisotopic (exact) mass is 535 g/mol. The van der Waals surface area contributed by atoms with Crippen molar-refractivity contribution in [1.82, 2.24) is 4.57 Å². The van der Waals surface area contributed by atoms with Crippen LogP contribution in [-0.4, -0.2) is 24.4 Å². The Bertz CT molecular complexity index is 1720. The lowest BCUT2D eigenvalue weighted by atomic mass is 9.93. The van der Waals surface area contributed by atoms with Crippen LogP contribution in [0.1, 0.15) is 22.1 Å². The third-order valence-corrected chi connectivity index (χ3v) is 7.60. The van der Waals surface area contributed by atoms with Gasteiger partial charge >= 0.3 is 5.97 Å². The molecule has 0 N–H and O–H groups in total. The fourth-order valence-corrected chi connectivity index (χ4v) is 5.77. The molecule has 7 heteroatoms. The lowest BCUT2D eigenvalue weighted by Crippen LogP contribution is -2.33. The van der Waals surface area contributed by atoms with Gasteiger partial charge in [0, 0.05) is 17.4 Å². The zero-order valence-electron chi connectivity index (χ0n) is 21.2. The number of carbonyl (C=O) groups is 1. The third kappa shape index (κ3) is 4.62. The van der Waals surface area contributed by atoms with Gasteiger partial charge in [0.05, 0.1) is 7.11 Å². The van der Waals surface area contributed by atoms with E-state index in [1.54, 1.807) is 11.3 Å². The predicted octanol–water partition coefficient (Wildman–Crippen LogP) is 6.81. The van der Waals surface area contributed by atoms with Gasteiger partial charge in [0.2, 0.25) is 6.79 Å². The van der Waals surface area contributed by atoms with Crippen molar-refractivity contribution >= 4 is 28.1 Å². The number of benzene rings is 3. The summed E-state index contributed by atoms with van der Waals surface area (Å²) in [6.45, 7) is 0.0477. The first-order valence-corrected chi connectivity index (χ1v) is 13.5. The smallest absolute Gasteiger partial charge is 0.355 e. The molecule has 0 aliphatic carbocycles. The summed E-state index contributed by atoms with van der Waals surface area (Å²) in [4.78, 5) is 28.0. The quantitative estimate of drug-likeness (QED) is 0.214. The van der Waals surface area contributed by atoms with Gasteiger partial charge in [-0.15, -0.1) is 0 Å². The van der Waals surface area contributed by atoms with Crippen molar-refractivity contribution in [2.24, 2.45) is 0 Å². The van der Waals surface area contributed by atoms with E-state index >= 15 is 0 Å². The van der Waals surface area contributed by atoms with Crippen LogP contribution in [0.25, 0.3) is 33.0 Å². The van der Waals surface area contributed by atoms with Gasteiger partial charge < -0.3 is 14.2 Å². The van der Waals surface area contributed by atoms with Crippen LogP contribution in [0.2, 0.25) is 0 Å². The molecule has 6 nitrogen and oxygen atoms in total. The van der Waals surface area contributed by atoms with E-state index in [-0.39, 0.29) is 18.0 Å². The van der Waals surface area contributed by atoms with Gasteiger partial charge in [0.15, 0.2) is 5.76 Å².